The number of methoxy groups -OCH3 is 3. The van der Waals surface area contributed by atoms with Crippen LogP contribution in [0.15, 0.2) is 41.3 Å². The van der Waals surface area contributed by atoms with E-state index in [1.54, 1.807) is 6.07 Å². The van der Waals surface area contributed by atoms with Gasteiger partial charge in [-0.2, -0.15) is 8.42 Å². The van der Waals surface area contributed by atoms with Gasteiger partial charge in [-0.1, -0.05) is 6.07 Å². The predicted molar refractivity (Wildman–Crippen MR) is 177 cm³/mol. The summed E-state index contributed by atoms with van der Waals surface area (Å²) in [6.45, 7) is -1.81. The predicted octanol–water partition coefficient (Wildman–Crippen LogP) is 2.36. The Labute approximate surface area is 284 Å². The minimum atomic E-state index is -4.85. The summed E-state index contributed by atoms with van der Waals surface area (Å²) in [5.41, 5.74) is 0.245. The molecule has 0 fully saturated rings. The van der Waals surface area contributed by atoms with Crippen molar-refractivity contribution in [3.8, 4) is 17.2 Å². The van der Waals surface area contributed by atoms with Gasteiger partial charge in [-0.3, -0.25) is 23.6 Å². The maximum atomic E-state index is 14.1. The number of carbonyl (C=O) groups is 1. The van der Waals surface area contributed by atoms with Gasteiger partial charge >= 0.3 is 7.82 Å². The topological polar surface area (TPSA) is 263 Å². The summed E-state index contributed by atoms with van der Waals surface area (Å²) in [5.74, 6) is -0.637. The van der Waals surface area contributed by atoms with Gasteiger partial charge in [0, 0.05) is 30.5 Å². The van der Waals surface area contributed by atoms with Crippen LogP contribution in [0, 0.1) is 10.1 Å². The van der Waals surface area contributed by atoms with Crippen LogP contribution in [-0.4, -0.2) is 96.3 Å². The molecule has 1 aromatic heterocycles. The number of anilines is 1. The summed E-state index contributed by atoms with van der Waals surface area (Å²) >= 11 is 0. The lowest BCUT2D eigenvalue weighted by Gasteiger charge is -2.17. The number of hydrogen-bond donors (Lipinski definition) is 4. The molecule has 4 aromatic rings. The maximum absolute atomic E-state index is 14.1. The Kier molecular flexibility index (Phi) is 10.2. The molecule has 3 aromatic carbocycles. The van der Waals surface area contributed by atoms with Crippen LogP contribution in [0.3, 0.4) is 0 Å². The molecule has 0 saturated carbocycles. The number of nitrogens with one attached hydrogen (secondary N) is 2. The Bertz CT molecular complexity index is 2290. The molecule has 0 saturated heterocycles. The number of nitro groups is 1. The monoisotopic (exact) mass is 758 g/mol. The number of nitro benzene ring substituents is 1. The molecule has 19 nitrogen and oxygen atoms in total. The van der Waals surface area contributed by atoms with Gasteiger partial charge in [0.2, 0.25) is 15.8 Å². The van der Waals surface area contributed by atoms with E-state index in [0.29, 0.717) is 22.2 Å². The molecule has 0 aliphatic carbocycles. The Morgan fingerprint density at radius 2 is 1.76 bits per heavy atom. The average molecular weight is 759 g/mol. The van der Waals surface area contributed by atoms with Gasteiger partial charge in [-0.05, 0) is 35.2 Å². The van der Waals surface area contributed by atoms with Crippen LogP contribution >= 0.6 is 7.82 Å². The molecular formula is C28H31N4O15PS2. The molecule has 1 aliphatic heterocycles. The molecule has 50 heavy (non-hydrogen) atoms. The van der Waals surface area contributed by atoms with Crippen molar-refractivity contribution in [2.24, 2.45) is 0 Å². The number of sulfonamides is 1. The van der Waals surface area contributed by atoms with E-state index in [1.807, 2.05) is 0 Å². The SMILES string of the molecule is COc1cc2cc(C(=O)N3CC(COS(C)(=O)=O)c4c3cc([N+](=O)[O-])c3cc(S(=O)(=O)NCCOP(=O)(O)O)ccc43)[nH]c2c(OC)c1OC. The van der Waals surface area contributed by atoms with Crippen LogP contribution in [0.4, 0.5) is 11.4 Å². The average Bonchev–Trinajstić information content (AvgIpc) is 3.64. The number of non-ortho nitro benzene ring substituents is 1. The zero-order valence-electron chi connectivity index (χ0n) is 26.7. The minimum Gasteiger partial charge on any atom is -0.493 e. The lowest BCUT2D eigenvalue weighted by atomic mass is 9.94. The number of nitrogens with zero attached hydrogens (tertiary/aromatic N) is 2. The summed E-state index contributed by atoms with van der Waals surface area (Å²) < 4.78 is 88.6. The third-order valence-corrected chi connectivity index (χ3v) is 10.3. The molecule has 4 N–H and O–H groups in total. The summed E-state index contributed by atoms with van der Waals surface area (Å²) in [6, 6.07) is 7.70. The molecule has 0 bridgehead atoms. The molecule has 5 rings (SSSR count). The first-order chi connectivity index (χ1) is 23.4. The smallest absolute Gasteiger partial charge is 0.469 e. The standard InChI is InChI=1S/C28H31N4O15PS2/c1-43-23-10-15-9-20(30-25(15)27(45-3)26(23)44-2)28(33)31-13-16(14-47-49(4,39)40)24-18-6-5-17(11-19(18)21(32(34)35)12-22(24)31)50(41,42)29-7-8-46-48(36,37)38/h5-6,9-12,16,29-30H,7-8,13-14H2,1-4H3,(H2,36,37,38). The highest BCUT2D eigenvalue weighted by molar-refractivity contribution is 7.89. The zero-order chi connectivity index (χ0) is 36.8. The van der Waals surface area contributed by atoms with E-state index in [1.165, 1.54) is 38.4 Å². The first kappa shape index (κ1) is 36.9. The largest absolute Gasteiger partial charge is 0.493 e. The number of fused-ring (bicyclic) bond motifs is 4. The molecule has 1 unspecified atom stereocenters. The van der Waals surface area contributed by atoms with E-state index in [-0.39, 0.29) is 40.2 Å². The molecule has 0 radical (unpaired) electrons. The highest BCUT2D eigenvalue weighted by Gasteiger charge is 2.38. The quantitative estimate of drug-likeness (QED) is 0.0473. The van der Waals surface area contributed by atoms with Gasteiger partial charge in [0.05, 0.1) is 67.2 Å². The van der Waals surface area contributed by atoms with Crippen molar-refractivity contribution in [1.82, 2.24) is 9.71 Å². The highest BCUT2D eigenvalue weighted by atomic mass is 32.2. The van der Waals surface area contributed by atoms with Crippen LogP contribution < -0.4 is 23.8 Å². The molecule has 2 heterocycles. The fraction of sp³-hybridized carbons (Fsp3) is 0.321. The lowest BCUT2D eigenvalue weighted by molar-refractivity contribution is -0.383. The summed E-state index contributed by atoms with van der Waals surface area (Å²) in [6.07, 6.45) is 0.842. The minimum absolute atomic E-state index is 0.0437. The summed E-state index contributed by atoms with van der Waals surface area (Å²) in [4.78, 5) is 47.2. The highest BCUT2D eigenvalue weighted by Crippen LogP contribution is 2.47. The number of aromatic amines is 1. The summed E-state index contributed by atoms with van der Waals surface area (Å²) in [5, 5.41) is 12.9. The van der Waals surface area contributed by atoms with E-state index in [2.05, 4.69) is 14.2 Å². The zero-order valence-corrected chi connectivity index (χ0v) is 29.3. The van der Waals surface area contributed by atoms with Crippen molar-refractivity contribution in [1.29, 1.82) is 0 Å². The number of rotatable bonds is 14. The summed E-state index contributed by atoms with van der Waals surface area (Å²) in [7, 11) is -8.94. The second-order valence-corrected chi connectivity index (χ2v) is 15.6. The van der Waals surface area contributed by atoms with E-state index in [0.717, 1.165) is 24.5 Å². The maximum Gasteiger partial charge on any atom is 0.469 e. The second kappa shape index (κ2) is 13.8. The van der Waals surface area contributed by atoms with Gasteiger partial charge in [0.25, 0.3) is 21.7 Å². The molecule has 22 heteroatoms. The molecule has 1 amide bonds. The number of benzene rings is 3. The lowest BCUT2D eigenvalue weighted by Crippen LogP contribution is -2.31. The number of phosphoric ester groups is 1. The number of aromatic nitrogens is 1. The van der Waals surface area contributed by atoms with Crippen molar-refractivity contribution in [3.05, 3.63) is 57.8 Å². The van der Waals surface area contributed by atoms with Crippen LogP contribution in [0.25, 0.3) is 21.7 Å². The van der Waals surface area contributed by atoms with Gasteiger partial charge < -0.3 is 33.9 Å². The van der Waals surface area contributed by atoms with Crippen LogP contribution in [-0.2, 0) is 33.4 Å². The van der Waals surface area contributed by atoms with Gasteiger partial charge in [-0.15, -0.1) is 0 Å². The normalized spacial score (nSPS) is 15.0. The van der Waals surface area contributed by atoms with Crippen LogP contribution in [0.5, 0.6) is 17.2 Å². The third kappa shape index (κ3) is 7.39. The number of amides is 1. The first-order valence-corrected chi connectivity index (χ1v) is 19.1. The molecule has 1 aliphatic rings. The third-order valence-electron chi connectivity index (χ3n) is 7.75. The Balaban J connectivity index is 1.62. The van der Waals surface area contributed by atoms with Crippen LogP contribution in [0.1, 0.15) is 22.0 Å². The molecular weight excluding hydrogens is 727 g/mol. The number of phosphoric acid groups is 1. The Morgan fingerprint density at radius 1 is 1.06 bits per heavy atom. The van der Waals surface area contributed by atoms with E-state index in [9.17, 15) is 36.3 Å². The number of H-pyrrole nitrogens is 1. The molecule has 1 atom stereocenters. The van der Waals surface area contributed by atoms with E-state index < -0.39 is 75.1 Å². The number of carbonyl (C=O) groups excluding carboxylic acids is 1. The number of ether oxygens (including phenoxy) is 3. The Hall–Kier alpha value is -4.34. The second-order valence-electron chi connectivity index (χ2n) is 10.9. The van der Waals surface area contributed by atoms with Crippen molar-refractivity contribution in [3.63, 3.8) is 0 Å². The Morgan fingerprint density at radius 3 is 2.36 bits per heavy atom. The van der Waals surface area contributed by atoms with E-state index >= 15 is 0 Å². The number of hydrogen-bond acceptors (Lipinski definition) is 13. The van der Waals surface area contributed by atoms with E-state index in [4.69, 9.17) is 28.2 Å². The van der Waals surface area contributed by atoms with Gasteiger partial charge in [-0.25, -0.2) is 17.7 Å². The van der Waals surface area contributed by atoms with Gasteiger partial charge in [0.15, 0.2) is 11.5 Å². The van der Waals surface area contributed by atoms with Crippen molar-refractivity contribution in [2.45, 2.75) is 10.8 Å². The fourth-order valence-electron chi connectivity index (χ4n) is 5.74. The molecule has 270 valence electrons. The van der Waals surface area contributed by atoms with Crippen molar-refractivity contribution >= 4 is 66.9 Å². The van der Waals surface area contributed by atoms with Crippen molar-refractivity contribution in [2.75, 3.05) is 58.8 Å². The van der Waals surface area contributed by atoms with Crippen molar-refractivity contribution < 1.29 is 63.8 Å². The molecule has 0 spiro atoms. The first-order valence-electron chi connectivity index (χ1n) is 14.3. The fourth-order valence-corrected chi connectivity index (χ4v) is 7.52. The van der Waals surface area contributed by atoms with Crippen LogP contribution in [0.2, 0.25) is 0 Å². The van der Waals surface area contributed by atoms with Gasteiger partial charge in [0.1, 0.15) is 5.69 Å².